The van der Waals surface area contributed by atoms with Gasteiger partial charge in [-0.2, -0.15) is 0 Å². The fraction of sp³-hybridized carbons (Fsp3) is 0.300. The van der Waals surface area contributed by atoms with E-state index < -0.39 is 0 Å². The molecule has 0 radical (unpaired) electrons. The minimum absolute atomic E-state index is 0.0625. The summed E-state index contributed by atoms with van der Waals surface area (Å²) in [4.78, 5) is 18.7. The lowest BCUT2D eigenvalue weighted by Gasteiger charge is -2.23. The molecule has 3 aromatic heterocycles. The molecule has 0 aliphatic heterocycles. The summed E-state index contributed by atoms with van der Waals surface area (Å²) in [6.07, 6.45) is 6.73. The lowest BCUT2D eigenvalue weighted by Crippen LogP contribution is -2.27. The zero-order valence-corrected chi connectivity index (χ0v) is 24.2. The van der Waals surface area contributed by atoms with E-state index in [-0.39, 0.29) is 11.1 Å². The highest BCUT2D eigenvalue weighted by atomic mass is 79.9. The van der Waals surface area contributed by atoms with E-state index in [1.54, 1.807) is 4.57 Å². The Balaban J connectivity index is 1.52. The van der Waals surface area contributed by atoms with Crippen molar-refractivity contribution in [2.45, 2.75) is 58.9 Å². The van der Waals surface area contributed by atoms with Crippen LogP contribution in [-0.4, -0.2) is 34.7 Å². The number of unbranched alkanes of at least 4 members (excludes halogenated alkanes) is 1. The van der Waals surface area contributed by atoms with Gasteiger partial charge < -0.3 is 0 Å². The first-order chi connectivity index (χ1) is 18.8. The van der Waals surface area contributed by atoms with E-state index in [1.807, 2.05) is 65.5 Å². The average Bonchev–Trinajstić information content (AvgIpc) is 3.56. The lowest BCUT2D eigenvalue weighted by atomic mass is 9.86. The number of aromatic amines is 1. The molecule has 0 bridgehead atoms. The Morgan fingerprint density at radius 3 is 2.46 bits per heavy atom. The Hall–Kier alpha value is -3.85. The van der Waals surface area contributed by atoms with Crippen molar-refractivity contribution in [1.82, 2.24) is 34.7 Å². The molecule has 0 aliphatic carbocycles. The van der Waals surface area contributed by atoms with Crippen molar-refractivity contribution in [1.29, 1.82) is 0 Å². The number of halogens is 1. The monoisotopic (exact) mass is 585 g/mol. The van der Waals surface area contributed by atoms with Crippen molar-refractivity contribution in [3.05, 3.63) is 98.9 Å². The third-order valence-electron chi connectivity index (χ3n) is 6.87. The first-order valence-corrected chi connectivity index (χ1v) is 14.0. The third-order valence-corrected chi connectivity index (χ3v) is 7.51. The van der Waals surface area contributed by atoms with E-state index in [4.69, 9.17) is 4.98 Å². The van der Waals surface area contributed by atoms with Crippen LogP contribution in [0.3, 0.4) is 0 Å². The SMILES string of the molecule is CCCCc1cn(-c2c(Br)cccc2C(C)(C)C)c(=O)n1Cc1ccc(-c2ccccc2-c2nnn[nH]2)cn1. The number of nitrogens with zero attached hydrogens (tertiary/aromatic N) is 6. The summed E-state index contributed by atoms with van der Waals surface area (Å²) in [5, 5.41) is 14.3. The third kappa shape index (κ3) is 5.49. The van der Waals surface area contributed by atoms with E-state index >= 15 is 0 Å². The Labute approximate surface area is 236 Å². The number of pyridine rings is 1. The molecule has 5 aromatic rings. The van der Waals surface area contributed by atoms with Gasteiger partial charge in [0.15, 0.2) is 5.82 Å². The fourth-order valence-corrected chi connectivity index (χ4v) is 5.39. The molecule has 0 aliphatic rings. The summed E-state index contributed by atoms with van der Waals surface area (Å²) in [5.74, 6) is 0.602. The van der Waals surface area contributed by atoms with Crippen molar-refractivity contribution >= 4 is 15.9 Å². The molecule has 5 rings (SSSR count). The number of aryl methyl sites for hydroxylation is 1. The highest BCUT2D eigenvalue weighted by Gasteiger charge is 2.23. The molecule has 2 aromatic carbocycles. The molecule has 0 saturated carbocycles. The predicted octanol–water partition coefficient (Wildman–Crippen LogP) is 6.33. The second-order valence-electron chi connectivity index (χ2n) is 10.7. The summed E-state index contributed by atoms with van der Waals surface area (Å²) in [5.41, 5.74) is 6.47. The lowest BCUT2D eigenvalue weighted by molar-refractivity contribution is 0.584. The molecule has 0 amide bonds. The molecular formula is C30H32BrN7O. The van der Waals surface area contributed by atoms with Gasteiger partial charge in [-0.25, -0.2) is 9.89 Å². The molecule has 9 heteroatoms. The molecule has 0 spiro atoms. The normalized spacial score (nSPS) is 11.7. The average molecular weight is 587 g/mol. The van der Waals surface area contributed by atoms with Gasteiger partial charge in [-0.05, 0) is 67.9 Å². The van der Waals surface area contributed by atoms with Crippen LogP contribution in [-0.2, 0) is 18.4 Å². The van der Waals surface area contributed by atoms with Crippen molar-refractivity contribution < 1.29 is 0 Å². The number of hydrogen-bond acceptors (Lipinski definition) is 5. The van der Waals surface area contributed by atoms with Crippen molar-refractivity contribution in [3.8, 4) is 28.2 Å². The minimum atomic E-state index is -0.125. The molecule has 1 N–H and O–H groups in total. The highest BCUT2D eigenvalue weighted by Crippen LogP contribution is 2.33. The summed E-state index contributed by atoms with van der Waals surface area (Å²) in [6, 6.07) is 18.1. The van der Waals surface area contributed by atoms with Crippen LogP contribution in [0.2, 0.25) is 0 Å². The maximum atomic E-state index is 13.9. The van der Waals surface area contributed by atoms with Crippen molar-refractivity contribution in [2.75, 3.05) is 0 Å². The smallest absolute Gasteiger partial charge is 0.290 e. The highest BCUT2D eigenvalue weighted by molar-refractivity contribution is 9.10. The Kier molecular flexibility index (Phi) is 7.61. The molecule has 8 nitrogen and oxygen atoms in total. The van der Waals surface area contributed by atoms with Crippen LogP contribution in [0.4, 0.5) is 0 Å². The molecule has 200 valence electrons. The van der Waals surface area contributed by atoms with Gasteiger partial charge in [-0.1, -0.05) is 76.6 Å². The first kappa shape index (κ1) is 26.7. The van der Waals surface area contributed by atoms with Crippen LogP contribution in [0.15, 0.2) is 76.3 Å². The van der Waals surface area contributed by atoms with Gasteiger partial charge in [-0.15, -0.1) is 5.10 Å². The van der Waals surface area contributed by atoms with Crippen LogP contribution >= 0.6 is 15.9 Å². The number of H-pyrrole nitrogens is 1. The molecule has 0 atom stereocenters. The summed E-state index contributed by atoms with van der Waals surface area (Å²) >= 11 is 3.72. The Morgan fingerprint density at radius 1 is 1.00 bits per heavy atom. The first-order valence-electron chi connectivity index (χ1n) is 13.2. The van der Waals surface area contributed by atoms with E-state index in [9.17, 15) is 4.79 Å². The fourth-order valence-electron chi connectivity index (χ4n) is 4.83. The van der Waals surface area contributed by atoms with Crippen molar-refractivity contribution in [2.24, 2.45) is 0 Å². The second kappa shape index (κ2) is 11.1. The van der Waals surface area contributed by atoms with Gasteiger partial charge in [0.2, 0.25) is 0 Å². The number of imidazole rings is 1. The maximum absolute atomic E-state index is 13.9. The van der Waals surface area contributed by atoms with Gasteiger partial charge in [0.25, 0.3) is 0 Å². The van der Waals surface area contributed by atoms with Crippen LogP contribution < -0.4 is 5.69 Å². The number of rotatable bonds is 8. The quantitative estimate of drug-likeness (QED) is 0.229. The van der Waals surface area contributed by atoms with Crippen LogP contribution in [0, 0.1) is 0 Å². The van der Waals surface area contributed by atoms with Gasteiger partial charge in [0.1, 0.15) is 0 Å². The van der Waals surface area contributed by atoms with Crippen LogP contribution in [0.25, 0.3) is 28.2 Å². The molecule has 3 heterocycles. The van der Waals surface area contributed by atoms with Crippen molar-refractivity contribution in [3.63, 3.8) is 0 Å². The van der Waals surface area contributed by atoms with Gasteiger partial charge in [-0.3, -0.25) is 14.1 Å². The molecule has 0 unspecified atom stereocenters. The standard InChI is InChI=1S/C30H32BrN7O/c1-5-6-10-22-19-38(27-25(30(2,3)4)13-9-14-26(27)31)29(39)37(22)18-21-16-15-20(17-32-21)23-11-7-8-12-24(23)28-33-35-36-34-28/h7-9,11-17,19H,5-6,10,18H2,1-4H3,(H,33,34,35,36). The van der Waals surface area contributed by atoms with Crippen LogP contribution in [0.5, 0.6) is 0 Å². The zero-order chi connectivity index (χ0) is 27.6. The largest absolute Gasteiger partial charge is 0.333 e. The molecule has 39 heavy (non-hydrogen) atoms. The molecular weight excluding hydrogens is 554 g/mol. The van der Waals surface area contributed by atoms with Gasteiger partial charge in [0, 0.05) is 33.7 Å². The second-order valence-corrected chi connectivity index (χ2v) is 11.5. The Bertz CT molecular complexity index is 1630. The number of hydrogen-bond donors (Lipinski definition) is 1. The van der Waals surface area contributed by atoms with E-state index in [0.717, 1.165) is 63.1 Å². The summed E-state index contributed by atoms with van der Waals surface area (Å²) in [6.45, 7) is 9.06. The zero-order valence-electron chi connectivity index (χ0n) is 22.6. The summed E-state index contributed by atoms with van der Waals surface area (Å²) < 4.78 is 4.56. The number of tetrazole rings is 1. The maximum Gasteiger partial charge on any atom is 0.333 e. The van der Waals surface area contributed by atoms with Gasteiger partial charge >= 0.3 is 5.69 Å². The summed E-state index contributed by atoms with van der Waals surface area (Å²) in [7, 11) is 0. The van der Waals surface area contributed by atoms with Gasteiger partial charge in [0.05, 0.1) is 17.9 Å². The topological polar surface area (TPSA) is 94.3 Å². The minimum Gasteiger partial charge on any atom is -0.290 e. The number of aromatic nitrogens is 7. The number of para-hydroxylation sites is 1. The van der Waals surface area contributed by atoms with Crippen LogP contribution in [0.1, 0.15) is 57.5 Å². The predicted molar refractivity (Wildman–Crippen MR) is 157 cm³/mol. The van der Waals surface area contributed by atoms with E-state index in [0.29, 0.717) is 12.4 Å². The number of benzene rings is 2. The number of nitrogens with one attached hydrogen (secondary N) is 1. The molecule has 0 fully saturated rings. The molecule has 0 saturated heterocycles. The van der Waals surface area contributed by atoms with E-state index in [1.165, 1.54) is 0 Å². The van der Waals surface area contributed by atoms with E-state index in [2.05, 4.69) is 70.3 Å². The Morgan fingerprint density at radius 2 is 1.79 bits per heavy atom.